The maximum absolute atomic E-state index is 12.3. The van der Waals surface area contributed by atoms with Gasteiger partial charge < -0.3 is 9.64 Å². The molecule has 0 aromatic carbocycles. The van der Waals surface area contributed by atoms with E-state index in [9.17, 15) is 8.42 Å². The number of piperidine rings is 1. The molecule has 2 aliphatic heterocycles. The predicted octanol–water partition coefficient (Wildman–Crippen LogP) is 0.521. The van der Waals surface area contributed by atoms with Crippen molar-refractivity contribution in [2.75, 3.05) is 53.0 Å². The highest BCUT2D eigenvalue weighted by molar-refractivity contribution is 7.87. The second-order valence-corrected chi connectivity index (χ2v) is 7.95. The van der Waals surface area contributed by atoms with Crippen LogP contribution in [0.2, 0.25) is 0 Å². The fourth-order valence-electron chi connectivity index (χ4n) is 3.23. The first kappa shape index (κ1) is 17.1. The van der Waals surface area contributed by atoms with Crippen molar-refractivity contribution >= 4 is 10.2 Å². The van der Waals surface area contributed by atoms with Crippen molar-refractivity contribution in [1.82, 2.24) is 13.9 Å². The van der Waals surface area contributed by atoms with Crippen LogP contribution >= 0.6 is 0 Å². The third-order valence-corrected chi connectivity index (χ3v) is 6.26. The van der Waals surface area contributed by atoms with Gasteiger partial charge in [0.25, 0.3) is 10.2 Å². The molecule has 2 heterocycles. The number of nitrogens with one attached hydrogen (secondary N) is 1. The quantitative estimate of drug-likeness (QED) is 0.743. The van der Waals surface area contributed by atoms with Crippen molar-refractivity contribution in [2.24, 2.45) is 11.8 Å². The highest BCUT2D eigenvalue weighted by Crippen LogP contribution is 2.20. The van der Waals surface area contributed by atoms with Crippen LogP contribution in [0.4, 0.5) is 0 Å². The van der Waals surface area contributed by atoms with Crippen LogP contribution in [0.3, 0.4) is 0 Å². The van der Waals surface area contributed by atoms with Crippen molar-refractivity contribution in [1.29, 1.82) is 0 Å². The molecule has 0 amide bonds. The summed E-state index contributed by atoms with van der Waals surface area (Å²) in [6.07, 6.45) is 2.87. The molecule has 1 N–H and O–H groups in total. The Morgan fingerprint density at radius 3 is 2.38 bits per heavy atom. The number of nitrogens with zero attached hydrogens (tertiary/aromatic N) is 2. The molecule has 1 atom stereocenters. The number of hydrogen-bond donors (Lipinski definition) is 1. The summed E-state index contributed by atoms with van der Waals surface area (Å²) in [5.74, 6) is 0.945. The number of ether oxygens (including phenoxy) is 1. The minimum Gasteiger partial charge on any atom is -0.384 e. The van der Waals surface area contributed by atoms with E-state index in [4.69, 9.17) is 4.74 Å². The predicted molar refractivity (Wildman–Crippen MR) is 83.3 cm³/mol. The molecule has 0 aromatic heterocycles. The van der Waals surface area contributed by atoms with Gasteiger partial charge in [-0.3, -0.25) is 0 Å². The summed E-state index contributed by atoms with van der Waals surface area (Å²) in [4.78, 5) is 2.37. The first-order chi connectivity index (χ1) is 10.0. The maximum atomic E-state index is 12.3. The normalized spacial score (nSPS) is 26.5. The highest BCUT2D eigenvalue weighted by atomic mass is 32.2. The van der Waals surface area contributed by atoms with Crippen molar-refractivity contribution in [3.8, 4) is 0 Å². The fourth-order valence-corrected chi connectivity index (χ4v) is 4.55. The van der Waals surface area contributed by atoms with Gasteiger partial charge in [-0.15, -0.1) is 0 Å². The Morgan fingerprint density at radius 2 is 1.81 bits per heavy atom. The lowest BCUT2D eigenvalue weighted by molar-refractivity contribution is 0.121. The molecule has 6 nitrogen and oxygen atoms in total. The molecule has 0 spiro atoms. The van der Waals surface area contributed by atoms with Gasteiger partial charge in [-0.25, -0.2) is 4.72 Å². The number of likely N-dealkylation sites (tertiary alicyclic amines) is 1. The van der Waals surface area contributed by atoms with Crippen molar-refractivity contribution in [2.45, 2.75) is 26.2 Å². The number of rotatable bonds is 7. The zero-order valence-corrected chi connectivity index (χ0v) is 14.1. The van der Waals surface area contributed by atoms with E-state index < -0.39 is 10.2 Å². The second-order valence-electron chi connectivity index (χ2n) is 6.20. The molecule has 0 bridgehead atoms. The van der Waals surface area contributed by atoms with Crippen molar-refractivity contribution < 1.29 is 13.2 Å². The number of hydrogen-bond acceptors (Lipinski definition) is 4. The Hall–Kier alpha value is -0.210. The Labute approximate surface area is 129 Å². The highest BCUT2D eigenvalue weighted by Gasteiger charge is 2.29. The summed E-state index contributed by atoms with van der Waals surface area (Å²) in [5, 5.41) is 0. The fraction of sp³-hybridized carbons (Fsp3) is 1.00. The van der Waals surface area contributed by atoms with E-state index in [2.05, 4.69) is 16.5 Å². The molecule has 2 fully saturated rings. The SMILES string of the molecule is CCN1CCC(CNS(=O)(=O)N2CCC(COC)CC2)C1. The number of methoxy groups -OCH3 is 1. The molecule has 124 valence electrons. The summed E-state index contributed by atoms with van der Waals surface area (Å²) in [5.41, 5.74) is 0. The molecule has 0 radical (unpaired) electrons. The van der Waals surface area contributed by atoms with Gasteiger partial charge in [-0.1, -0.05) is 6.92 Å². The van der Waals surface area contributed by atoms with Crippen LogP contribution in [0.25, 0.3) is 0 Å². The lowest BCUT2D eigenvalue weighted by Crippen LogP contribution is -2.46. The largest absolute Gasteiger partial charge is 0.384 e. The van der Waals surface area contributed by atoms with E-state index in [-0.39, 0.29) is 0 Å². The summed E-state index contributed by atoms with van der Waals surface area (Å²) < 4.78 is 34.2. The summed E-state index contributed by atoms with van der Waals surface area (Å²) in [7, 11) is -1.61. The van der Waals surface area contributed by atoms with Crippen LogP contribution in [0.5, 0.6) is 0 Å². The third-order valence-electron chi connectivity index (χ3n) is 4.69. The molecule has 7 heteroatoms. The van der Waals surface area contributed by atoms with Gasteiger partial charge in [0.05, 0.1) is 0 Å². The molecular formula is C14H29N3O3S. The third kappa shape index (κ3) is 4.89. The second kappa shape index (κ2) is 7.87. The molecule has 2 saturated heterocycles. The van der Waals surface area contributed by atoms with Gasteiger partial charge in [-0.05, 0) is 44.2 Å². The van der Waals surface area contributed by atoms with Gasteiger partial charge in [0.15, 0.2) is 0 Å². The van der Waals surface area contributed by atoms with E-state index in [0.29, 0.717) is 31.5 Å². The van der Waals surface area contributed by atoms with E-state index >= 15 is 0 Å². The first-order valence-corrected chi connectivity index (χ1v) is 9.45. The zero-order valence-electron chi connectivity index (χ0n) is 13.3. The summed E-state index contributed by atoms with van der Waals surface area (Å²) in [6.45, 7) is 7.81. The Balaban J connectivity index is 1.75. The Kier molecular flexibility index (Phi) is 6.43. The lowest BCUT2D eigenvalue weighted by Gasteiger charge is -2.31. The van der Waals surface area contributed by atoms with Gasteiger partial charge in [0.2, 0.25) is 0 Å². The molecule has 1 unspecified atom stereocenters. The van der Waals surface area contributed by atoms with E-state index in [1.807, 2.05) is 0 Å². The monoisotopic (exact) mass is 319 g/mol. The van der Waals surface area contributed by atoms with Gasteiger partial charge in [0, 0.05) is 39.9 Å². The summed E-state index contributed by atoms with van der Waals surface area (Å²) in [6, 6.07) is 0. The molecule has 2 rings (SSSR count). The molecule has 0 saturated carbocycles. The topological polar surface area (TPSA) is 61.9 Å². The van der Waals surface area contributed by atoms with Crippen LogP contribution in [0.1, 0.15) is 26.2 Å². The maximum Gasteiger partial charge on any atom is 0.279 e. The molecule has 0 aromatic rings. The minimum absolute atomic E-state index is 0.450. The smallest absolute Gasteiger partial charge is 0.279 e. The van der Waals surface area contributed by atoms with Crippen LogP contribution in [0, 0.1) is 11.8 Å². The van der Waals surface area contributed by atoms with E-state index in [1.54, 1.807) is 11.4 Å². The average molecular weight is 319 g/mol. The summed E-state index contributed by atoms with van der Waals surface area (Å²) >= 11 is 0. The standard InChI is InChI=1S/C14H29N3O3S/c1-3-16-7-4-14(11-16)10-15-21(18,19)17-8-5-13(6-9-17)12-20-2/h13-15H,3-12H2,1-2H3. The molecule has 21 heavy (non-hydrogen) atoms. The van der Waals surface area contributed by atoms with Gasteiger partial charge in [-0.2, -0.15) is 12.7 Å². The molecule has 2 aliphatic rings. The minimum atomic E-state index is -3.31. The molecule has 0 aliphatic carbocycles. The van der Waals surface area contributed by atoms with E-state index in [1.165, 1.54) is 0 Å². The van der Waals surface area contributed by atoms with E-state index in [0.717, 1.165) is 45.5 Å². The van der Waals surface area contributed by atoms with Crippen LogP contribution in [-0.4, -0.2) is 70.6 Å². The average Bonchev–Trinajstić information content (AvgIpc) is 2.94. The molecular weight excluding hydrogens is 290 g/mol. The van der Waals surface area contributed by atoms with Crippen LogP contribution in [-0.2, 0) is 14.9 Å². The van der Waals surface area contributed by atoms with Crippen LogP contribution in [0.15, 0.2) is 0 Å². The lowest BCUT2D eigenvalue weighted by atomic mass is 9.99. The van der Waals surface area contributed by atoms with Crippen molar-refractivity contribution in [3.63, 3.8) is 0 Å². The van der Waals surface area contributed by atoms with Gasteiger partial charge in [0.1, 0.15) is 0 Å². The first-order valence-electron chi connectivity index (χ1n) is 8.01. The van der Waals surface area contributed by atoms with Gasteiger partial charge >= 0.3 is 0 Å². The Morgan fingerprint density at radius 1 is 1.14 bits per heavy atom. The van der Waals surface area contributed by atoms with Crippen molar-refractivity contribution in [3.05, 3.63) is 0 Å². The zero-order chi connectivity index (χ0) is 15.3. The van der Waals surface area contributed by atoms with Crippen LogP contribution < -0.4 is 4.72 Å². The Bertz CT molecular complexity index is 408.